The van der Waals surface area contributed by atoms with Crippen molar-refractivity contribution in [2.45, 2.75) is 103 Å². The number of hydrogen-bond donors (Lipinski definition) is 0. The molecule has 0 spiro atoms. The minimum atomic E-state index is -2.66. The Labute approximate surface area is 286 Å². The van der Waals surface area contributed by atoms with Crippen molar-refractivity contribution in [3.05, 3.63) is 126 Å². The van der Waals surface area contributed by atoms with Crippen LogP contribution in [0.15, 0.2) is 87.3 Å². The molecule has 1 unspecified atom stereocenters. The predicted molar refractivity (Wildman–Crippen MR) is 197 cm³/mol. The molecule has 1 atom stereocenters. The van der Waals surface area contributed by atoms with Gasteiger partial charge in [0, 0.05) is 0 Å². The Morgan fingerprint density at radius 1 is 0.739 bits per heavy atom. The van der Waals surface area contributed by atoms with E-state index in [-0.39, 0.29) is 16.2 Å². The summed E-state index contributed by atoms with van der Waals surface area (Å²) < 4.78 is 5.14. The van der Waals surface area contributed by atoms with Crippen LogP contribution in [0.1, 0.15) is 132 Å². The normalized spacial score (nSPS) is 21.2. The average Bonchev–Trinajstić information content (AvgIpc) is 3.66. The molecular formula is C45H52Zr. The Bertz CT molecular complexity index is 1860. The molecular weight excluding hydrogens is 632 g/mol. The molecule has 0 aromatic heterocycles. The fourth-order valence-corrected chi connectivity index (χ4v) is 18.5. The van der Waals surface area contributed by atoms with Gasteiger partial charge in [0.05, 0.1) is 0 Å². The Morgan fingerprint density at radius 3 is 1.72 bits per heavy atom. The van der Waals surface area contributed by atoms with Crippen LogP contribution in [0.4, 0.5) is 0 Å². The molecule has 0 aliphatic heterocycles. The van der Waals surface area contributed by atoms with Gasteiger partial charge in [-0.05, 0) is 0 Å². The molecule has 0 amide bonds. The van der Waals surface area contributed by atoms with Gasteiger partial charge in [0.2, 0.25) is 0 Å². The Morgan fingerprint density at radius 2 is 1.26 bits per heavy atom. The van der Waals surface area contributed by atoms with Gasteiger partial charge < -0.3 is 0 Å². The van der Waals surface area contributed by atoms with Crippen molar-refractivity contribution in [2.75, 3.05) is 0 Å². The molecule has 0 bridgehead atoms. The zero-order valence-electron chi connectivity index (χ0n) is 30.1. The fourth-order valence-electron chi connectivity index (χ4n) is 9.39. The van der Waals surface area contributed by atoms with Crippen LogP contribution in [0, 0.1) is 11.3 Å². The van der Waals surface area contributed by atoms with E-state index >= 15 is 0 Å². The van der Waals surface area contributed by atoms with E-state index in [0.717, 1.165) is 6.42 Å². The van der Waals surface area contributed by atoms with Crippen LogP contribution in [0.3, 0.4) is 0 Å². The van der Waals surface area contributed by atoms with Crippen molar-refractivity contribution in [1.29, 1.82) is 0 Å². The zero-order chi connectivity index (χ0) is 32.9. The topological polar surface area (TPSA) is 0 Å². The zero-order valence-corrected chi connectivity index (χ0v) is 32.5. The second kappa shape index (κ2) is 11.0. The van der Waals surface area contributed by atoms with Crippen LogP contribution in [0.2, 0.25) is 0 Å². The molecule has 0 N–H and O–H groups in total. The van der Waals surface area contributed by atoms with Gasteiger partial charge in [-0.1, -0.05) is 0 Å². The Hall–Kier alpha value is -2.63. The standard InChI is InChI=1S/C25H25.C13H21.C7H6.Zr/c1-14-12-24(3,4)22-8-16-7-17-9-23-19(15(2)13-25(23,5)6)11-21(17)20(16)10-18(14)22;1-6-10-8-11(7-2)12(9-10)13(3,4)5;1-7-5-3-2-4-6-7;/h7-13H,1-6H3;9-10H,6-7H2,1-5H3;1-6H;. The summed E-state index contributed by atoms with van der Waals surface area (Å²) in [4.78, 5) is 0. The van der Waals surface area contributed by atoms with E-state index in [1.807, 2.05) is 3.28 Å². The number of benzene rings is 3. The van der Waals surface area contributed by atoms with E-state index in [2.05, 4.69) is 153 Å². The van der Waals surface area contributed by atoms with Crippen LogP contribution < -0.4 is 0 Å². The first-order valence-corrected chi connectivity index (χ1v) is 21.7. The summed E-state index contributed by atoms with van der Waals surface area (Å²) >= 11 is -2.66. The number of hydrogen-bond acceptors (Lipinski definition) is 0. The van der Waals surface area contributed by atoms with Crippen molar-refractivity contribution in [1.82, 2.24) is 0 Å². The third-order valence-electron chi connectivity index (χ3n) is 11.4. The van der Waals surface area contributed by atoms with Crippen LogP contribution in [-0.2, 0) is 32.1 Å². The number of allylic oxidation sites excluding steroid dienone is 8. The van der Waals surface area contributed by atoms with Gasteiger partial charge in [-0.25, -0.2) is 0 Å². The molecule has 7 rings (SSSR count). The molecule has 4 aliphatic rings. The van der Waals surface area contributed by atoms with E-state index in [1.54, 1.807) is 22.3 Å². The van der Waals surface area contributed by atoms with E-state index in [4.69, 9.17) is 0 Å². The summed E-state index contributed by atoms with van der Waals surface area (Å²) in [6.07, 6.45) is 9.99. The van der Waals surface area contributed by atoms with Crippen LogP contribution in [0.25, 0.3) is 22.3 Å². The second-order valence-corrected chi connectivity index (χ2v) is 22.3. The molecule has 1 heteroatoms. The van der Waals surface area contributed by atoms with Crippen molar-refractivity contribution < 1.29 is 21.3 Å². The van der Waals surface area contributed by atoms with Crippen molar-refractivity contribution in [3.63, 3.8) is 0 Å². The third-order valence-corrected chi connectivity index (χ3v) is 19.2. The SMILES string of the molecule is CCC1=[C]([Zr](=[CH]c2ccccc2)[CH]2c3cc4c(cc3-c3cc5c(cc32)C(C)(C)C=C5C)C(C)=CC4(C)C)C(CC)C=C1C(C)(C)C. The van der Waals surface area contributed by atoms with Gasteiger partial charge in [-0.3, -0.25) is 0 Å². The number of fused-ring (bicyclic) bond motifs is 5. The first-order valence-electron chi connectivity index (χ1n) is 17.7. The molecule has 0 saturated heterocycles. The second-order valence-electron chi connectivity index (χ2n) is 16.6. The van der Waals surface area contributed by atoms with Gasteiger partial charge in [0.1, 0.15) is 0 Å². The van der Waals surface area contributed by atoms with Crippen LogP contribution >= 0.6 is 0 Å². The monoisotopic (exact) mass is 682 g/mol. The molecule has 0 radical (unpaired) electrons. The molecule has 46 heavy (non-hydrogen) atoms. The summed E-state index contributed by atoms with van der Waals surface area (Å²) in [6, 6.07) is 21.9. The molecule has 4 aliphatic carbocycles. The maximum absolute atomic E-state index is 2.84. The summed E-state index contributed by atoms with van der Waals surface area (Å²) in [6.45, 7) is 26.4. The summed E-state index contributed by atoms with van der Waals surface area (Å²) in [7, 11) is 0. The van der Waals surface area contributed by atoms with Crippen molar-refractivity contribution >= 4 is 14.9 Å². The van der Waals surface area contributed by atoms with Gasteiger partial charge in [0.15, 0.2) is 0 Å². The molecule has 0 fully saturated rings. The Balaban J connectivity index is 1.58. The van der Waals surface area contributed by atoms with Gasteiger partial charge >= 0.3 is 288 Å². The first-order chi connectivity index (χ1) is 21.7. The molecule has 236 valence electrons. The van der Waals surface area contributed by atoms with Gasteiger partial charge in [-0.15, -0.1) is 0 Å². The van der Waals surface area contributed by atoms with Gasteiger partial charge in [-0.2, -0.15) is 0 Å². The van der Waals surface area contributed by atoms with Gasteiger partial charge in [0.25, 0.3) is 0 Å². The molecule has 0 saturated carbocycles. The third kappa shape index (κ3) is 4.90. The van der Waals surface area contributed by atoms with E-state index in [1.165, 1.54) is 56.5 Å². The molecule has 3 aromatic carbocycles. The predicted octanol–water partition coefficient (Wildman–Crippen LogP) is 12.3. The maximum atomic E-state index is 2.84. The van der Waals surface area contributed by atoms with Crippen molar-refractivity contribution in [2.24, 2.45) is 11.3 Å². The first kappa shape index (κ1) is 31.9. The quantitative estimate of drug-likeness (QED) is 0.251. The number of rotatable bonds is 5. The summed E-state index contributed by atoms with van der Waals surface area (Å²) in [5, 5.41) is 0. The molecule has 3 aromatic rings. The summed E-state index contributed by atoms with van der Waals surface area (Å²) in [5.41, 5.74) is 20.0. The Kier molecular flexibility index (Phi) is 7.61. The minimum absolute atomic E-state index is 0.0532. The van der Waals surface area contributed by atoms with E-state index < -0.39 is 21.3 Å². The van der Waals surface area contributed by atoms with Crippen LogP contribution in [0.5, 0.6) is 0 Å². The van der Waals surface area contributed by atoms with Crippen molar-refractivity contribution in [3.8, 4) is 11.1 Å². The average molecular weight is 684 g/mol. The molecule has 0 heterocycles. The fraction of sp³-hybridized carbons (Fsp3) is 0.400. The molecule has 0 nitrogen and oxygen atoms in total. The van der Waals surface area contributed by atoms with Crippen LogP contribution in [-0.4, -0.2) is 3.71 Å². The van der Waals surface area contributed by atoms with E-state index in [0.29, 0.717) is 9.54 Å². The summed E-state index contributed by atoms with van der Waals surface area (Å²) in [5.74, 6) is 0.538. The van der Waals surface area contributed by atoms with E-state index in [9.17, 15) is 0 Å².